The molecule has 0 atom stereocenters. The fourth-order valence-corrected chi connectivity index (χ4v) is 2.34. The summed E-state index contributed by atoms with van der Waals surface area (Å²) in [6.45, 7) is 12.6. The molecule has 0 bridgehead atoms. The van der Waals surface area contributed by atoms with E-state index in [0.717, 1.165) is 11.1 Å². The van der Waals surface area contributed by atoms with Crippen molar-refractivity contribution >= 4 is 39.2 Å². The average Bonchev–Trinajstić information content (AvgIpc) is 2.33. The second-order valence-corrected chi connectivity index (χ2v) is 7.40. The first-order valence-corrected chi connectivity index (χ1v) is 7.43. The van der Waals surface area contributed by atoms with Crippen LogP contribution in [0.3, 0.4) is 0 Å². The van der Waals surface area contributed by atoms with Crippen molar-refractivity contribution in [2.24, 2.45) is 0 Å². The van der Waals surface area contributed by atoms with Gasteiger partial charge in [0.25, 0.3) is 0 Å². The lowest BCUT2D eigenvalue weighted by atomic mass is 9.79. The van der Waals surface area contributed by atoms with E-state index in [2.05, 4.69) is 64.2 Å². The summed E-state index contributed by atoms with van der Waals surface area (Å²) >= 11 is 4.21. The van der Waals surface area contributed by atoms with E-state index >= 15 is 0 Å². The fraction of sp³-hybridized carbons (Fsp3) is 0.533. The molecule has 1 aromatic carbocycles. The van der Waals surface area contributed by atoms with Crippen molar-refractivity contribution in [3.63, 3.8) is 0 Å². The minimum absolute atomic E-state index is 0.0602. The van der Waals surface area contributed by atoms with Crippen LogP contribution in [0.2, 0.25) is 0 Å². The van der Waals surface area contributed by atoms with Gasteiger partial charge in [0.15, 0.2) is 0 Å². The van der Waals surface area contributed by atoms with Gasteiger partial charge in [0.2, 0.25) is 0 Å². The lowest BCUT2D eigenvalue weighted by molar-refractivity contribution is 0.0747. The lowest BCUT2D eigenvalue weighted by Crippen LogP contribution is -2.20. The zero-order valence-corrected chi connectivity index (χ0v) is 15.3. The molecular weight excluding hydrogens is 282 g/mol. The minimum Gasteiger partial charge on any atom is -0.653 e. The summed E-state index contributed by atoms with van der Waals surface area (Å²) in [6, 6.07) is 3.96. The van der Waals surface area contributed by atoms with Crippen molar-refractivity contribution in [1.82, 2.24) is 0 Å². The van der Waals surface area contributed by atoms with E-state index in [-0.39, 0.29) is 10.8 Å². The summed E-state index contributed by atoms with van der Waals surface area (Å²) in [5.74, 6) is 0.145. The largest absolute Gasteiger partial charge is 0.653 e. The molecule has 4 radical (unpaired) electrons. The highest BCUT2D eigenvalue weighted by atomic mass is 27.1. The summed E-state index contributed by atoms with van der Waals surface area (Å²) in [7, 11) is 0. The van der Waals surface area contributed by atoms with Crippen LogP contribution in [0, 0.1) is 0 Å². The molecule has 0 aliphatic rings. The van der Waals surface area contributed by atoms with Crippen LogP contribution < -0.4 is 3.79 Å². The second kappa shape index (κ2) is 6.12. The normalized spacial score (nSPS) is 12.1. The first kappa shape index (κ1) is 17.6. The van der Waals surface area contributed by atoms with Gasteiger partial charge >= 0.3 is 39.2 Å². The van der Waals surface area contributed by atoms with Gasteiger partial charge in [-0.25, -0.2) is 4.79 Å². The number of carbonyl (C=O) groups excluding carboxylic acids is 1. The smallest absolute Gasteiger partial charge is 0.485 e. The van der Waals surface area contributed by atoms with Crippen LogP contribution >= 0.6 is 0 Å². The lowest BCUT2D eigenvalue weighted by Gasteiger charge is -2.29. The molecule has 0 aliphatic heterocycles. The zero-order valence-electron chi connectivity index (χ0n) is 13.0. The molecule has 0 aliphatic carbocycles. The van der Waals surface area contributed by atoms with Crippen molar-refractivity contribution in [1.29, 1.82) is 0 Å². The van der Waals surface area contributed by atoms with Crippen LogP contribution in [0.25, 0.3) is 0 Å². The third-order valence-electron chi connectivity index (χ3n) is 3.21. The molecule has 0 heterocycles. The maximum absolute atomic E-state index is 12.0. The molecule has 104 valence electrons. The summed E-state index contributed by atoms with van der Waals surface area (Å²) in [5, 5.41) is 0. The number of benzene rings is 1. The van der Waals surface area contributed by atoms with Gasteiger partial charge in [-0.05, 0) is 28.0 Å². The molecule has 0 unspecified atom stereocenters. The monoisotopic (exact) mass is 302 g/mol. The Balaban J connectivity index is 3.70. The summed E-state index contributed by atoms with van der Waals surface area (Å²) in [6.07, 6.45) is 0. The van der Waals surface area contributed by atoms with Gasteiger partial charge in [-0.15, -0.1) is 0 Å². The molecule has 0 spiro atoms. The van der Waals surface area contributed by atoms with Crippen LogP contribution in [-0.4, -0.2) is 39.2 Å². The summed E-state index contributed by atoms with van der Waals surface area (Å²) in [5.41, 5.74) is 2.33. The highest BCUT2D eigenvalue weighted by Gasteiger charge is 2.27. The van der Waals surface area contributed by atoms with E-state index < -0.39 is 5.97 Å². The molecule has 0 aromatic heterocycles. The minimum atomic E-state index is -0.413. The molecule has 20 heavy (non-hydrogen) atoms. The van der Waals surface area contributed by atoms with Crippen molar-refractivity contribution in [3.8, 4) is 5.75 Å². The molecule has 0 N–H and O–H groups in total. The third kappa shape index (κ3) is 3.81. The Morgan fingerprint density at radius 3 is 1.90 bits per heavy atom. The maximum Gasteiger partial charge on any atom is 0.485 e. The van der Waals surface area contributed by atoms with Gasteiger partial charge in [0, 0.05) is 0 Å². The Labute approximate surface area is 138 Å². The van der Waals surface area contributed by atoms with Crippen molar-refractivity contribution in [2.75, 3.05) is 0 Å². The van der Waals surface area contributed by atoms with Gasteiger partial charge in [0.05, 0.1) is 11.3 Å². The predicted octanol–water partition coefficient (Wildman–Crippen LogP) is 2.98. The summed E-state index contributed by atoms with van der Waals surface area (Å²) < 4.78 is 10.2. The van der Waals surface area contributed by atoms with Crippen molar-refractivity contribution in [2.45, 2.75) is 52.4 Å². The Hall–Kier alpha value is -0.445. The van der Waals surface area contributed by atoms with Gasteiger partial charge < -0.3 is 7.58 Å². The van der Waals surface area contributed by atoms with Gasteiger partial charge in [-0.2, -0.15) is 0 Å². The Bertz CT molecular complexity index is 511. The van der Waals surface area contributed by atoms with Crippen LogP contribution in [0.15, 0.2) is 12.1 Å². The SMILES string of the molecule is CC(C)(C)c1cc(C(=O)[O][Al])c([O][Al])c(C(C)(C)C)c1. The average molecular weight is 302 g/mol. The molecule has 3 nitrogen and oxygen atoms in total. The Kier molecular flexibility index (Phi) is 5.39. The molecule has 0 fully saturated rings. The van der Waals surface area contributed by atoms with Crippen LogP contribution in [-0.2, 0) is 14.6 Å². The van der Waals surface area contributed by atoms with E-state index in [0.29, 0.717) is 11.3 Å². The van der Waals surface area contributed by atoms with E-state index in [1.807, 2.05) is 22.7 Å². The van der Waals surface area contributed by atoms with Crippen LogP contribution in [0.1, 0.15) is 63.0 Å². The van der Waals surface area contributed by atoms with Gasteiger partial charge in [0.1, 0.15) is 0 Å². The molecular formula is C15H20Al2O3. The highest BCUT2D eigenvalue weighted by Crippen LogP contribution is 2.38. The fourth-order valence-electron chi connectivity index (χ4n) is 1.96. The topological polar surface area (TPSA) is 35.5 Å². The molecule has 0 amide bonds. The quantitative estimate of drug-likeness (QED) is 0.788. The van der Waals surface area contributed by atoms with Gasteiger partial charge in [-0.3, -0.25) is 0 Å². The highest BCUT2D eigenvalue weighted by molar-refractivity contribution is 6.11. The number of carbonyl (C=O) groups is 1. The number of rotatable bonds is 2. The van der Waals surface area contributed by atoms with E-state index in [4.69, 9.17) is 7.58 Å². The van der Waals surface area contributed by atoms with Gasteiger partial charge in [-0.1, -0.05) is 47.6 Å². The third-order valence-corrected chi connectivity index (χ3v) is 3.66. The predicted molar refractivity (Wildman–Crippen MR) is 81.4 cm³/mol. The van der Waals surface area contributed by atoms with Crippen LogP contribution in [0.4, 0.5) is 0 Å². The molecule has 0 saturated heterocycles. The van der Waals surface area contributed by atoms with Crippen LogP contribution in [0.5, 0.6) is 5.75 Å². The summed E-state index contributed by atoms with van der Waals surface area (Å²) in [4.78, 5) is 12.0. The number of hydrogen-bond donors (Lipinski definition) is 0. The molecule has 1 aromatic rings. The second-order valence-electron chi connectivity index (χ2n) is 6.92. The molecule has 5 heteroatoms. The maximum atomic E-state index is 12.0. The van der Waals surface area contributed by atoms with E-state index in [1.54, 1.807) is 0 Å². The Morgan fingerprint density at radius 1 is 1.00 bits per heavy atom. The molecule has 1 rings (SSSR count). The number of hydrogen-bond acceptors (Lipinski definition) is 3. The van der Waals surface area contributed by atoms with Crippen molar-refractivity contribution < 1.29 is 12.4 Å². The van der Waals surface area contributed by atoms with E-state index in [1.165, 1.54) is 0 Å². The molecule has 0 saturated carbocycles. The van der Waals surface area contributed by atoms with E-state index in [9.17, 15) is 4.79 Å². The first-order chi connectivity index (χ1) is 9.02. The standard InChI is InChI=1S/C15H22O3.2Al/c1-14(2,3)9-7-10(13(17)18)12(16)11(8-9)15(4,5)6;;/h7-8,16H,1-6H3,(H,17,18);;/q;2*+1/p-2. The van der Waals surface area contributed by atoms with Crippen molar-refractivity contribution in [3.05, 3.63) is 28.8 Å². The Morgan fingerprint density at radius 2 is 1.55 bits per heavy atom. The zero-order chi connectivity index (χ0) is 15.7. The first-order valence-electron chi connectivity index (χ1n) is 6.49.